The number of benzene rings is 2. The van der Waals surface area contributed by atoms with Crippen molar-refractivity contribution in [2.75, 3.05) is 11.9 Å². The van der Waals surface area contributed by atoms with Crippen molar-refractivity contribution in [1.29, 1.82) is 0 Å². The summed E-state index contributed by atoms with van der Waals surface area (Å²) in [6, 6.07) is 9.98. The molecule has 2 aromatic rings. The Morgan fingerprint density at radius 2 is 1.92 bits per heavy atom. The lowest BCUT2D eigenvalue weighted by Crippen LogP contribution is -2.16. The lowest BCUT2D eigenvalue weighted by Gasteiger charge is -2.14. The summed E-state index contributed by atoms with van der Waals surface area (Å²) < 4.78 is 44.7. The highest BCUT2D eigenvalue weighted by molar-refractivity contribution is 6.06. The maximum absolute atomic E-state index is 13.0. The minimum absolute atomic E-state index is 0.0438. The van der Waals surface area contributed by atoms with Crippen LogP contribution in [0, 0.1) is 5.92 Å². The molecule has 3 rings (SSSR count). The Morgan fingerprint density at radius 3 is 2.58 bits per heavy atom. The van der Waals surface area contributed by atoms with Crippen LogP contribution >= 0.6 is 0 Å². The van der Waals surface area contributed by atoms with Crippen molar-refractivity contribution in [2.45, 2.75) is 25.6 Å². The summed E-state index contributed by atoms with van der Waals surface area (Å²) in [5.41, 5.74) is 5.22. The van der Waals surface area contributed by atoms with Gasteiger partial charge in [0.2, 0.25) is 0 Å². The SMILES string of the molecule is NCc1cc(NC(=O)c2ccccc2OCC2CC2)cc(C(F)(F)F)c1. The molecule has 1 amide bonds. The molecular weight excluding hydrogens is 345 g/mol. The maximum atomic E-state index is 13.0. The Balaban J connectivity index is 1.81. The number of amides is 1. The molecule has 0 radical (unpaired) electrons. The van der Waals surface area contributed by atoms with Crippen molar-refractivity contribution < 1.29 is 22.7 Å². The first kappa shape index (κ1) is 18.3. The van der Waals surface area contributed by atoms with Crippen molar-refractivity contribution in [1.82, 2.24) is 0 Å². The van der Waals surface area contributed by atoms with Crippen LogP contribution in [0.1, 0.15) is 34.3 Å². The number of rotatable bonds is 6. The molecule has 1 aliphatic rings. The summed E-state index contributed by atoms with van der Waals surface area (Å²) in [5, 5.41) is 2.51. The van der Waals surface area contributed by atoms with E-state index in [4.69, 9.17) is 10.5 Å². The van der Waals surface area contributed by atoms with E-state index in [9.17, 15) is 18.0 Å². The monoisotopic (exact) mass is 364 g/mol. The van der Waals surface area contributed by atoms with Crippen LogP contribution in [0.25, 0.3) is 0 Å². The van der Waals surface area contributed by atoms with Gasteiger partial charge in [-0.3, -0.25) is 4.79 Å². The molecule has 4 nitrogen and oxygen atoms in total. The van der Waals surface area contributed by atoms with Crippen LogP contribution in [0.3, 0.4) is 0 Å². The van der Waals surface area contributed by atoms with Crippen LogP contribution < -0.4 is 15.8 Å². The Kier molecular flexibility index (Phi) is 5.18. The van der Waals surface area contributed by atoms with Crippen LogP contribution in [0.5, 0.6) is 5.75 Å². The normalized spacial score (nSPS) is 14.2. The van der Waals surface area contributed by atoms with Crippen molar-refractivity contribution in [3.05, 3.63) is 59.2 Å². The molecule has 0 heterocycles. The highest BCUT2D eigenvalue weighted by atomic mass is 19.4. The second-order valence-electron chi connectivity index (χ2n) is 6.33. The lowest BCUT2D eigenvalue weighted by atomic mass is 10.1. The number of alkyl halides is 3. The fourth-order valence-corrected chi connectivity index (χ4v) is 2.52. The zero-order valence-electron chi connectivity index (χ0n) is 14.0. The molecular formula is C19H19F3N2O2. The van der Waals surface area contributed by atoms with Gasteiger partial charge < -0.3 is 15.8 Å². The van der Waals surface area contributed by atoms with Gasteiger partial charge in [-0.05, 0) is 54.7 Å². The molecule has 26 heavy (non-hydrogen) atoms. The number of anilines is 1. The molecule has 2 aromatic carbocycles. The predicted molar refractivity (Wildman–Crippen MR) is 91.9 cm³/mol. The largest absolute Gasteiger partial charge is 0.492 e. The summed E-state index contributed by atoms with van der Waals surface area (Å²) in [7, 11) is 0. The van der Waals surface area contributed by atoms with Gasteiger partial charge in [0.1, 0.15) is 5.75 Å². The molecule has 0 unspecified atom stereocenters. The van der Waals surface area contributed by atoms with E-state index in [2.05, 4.69) is 5.32 Å². The number of nitrogens with two attached hydrogens (primary N) is 1. The number of ether oxygens (including phenoxy) is 1. The van der Waals surface area contributed by atoms with Gasteiger partial charge in [0.15, 0.2) is 0 Å². The first-order valence-electron chi connectivity index (χ1n) is 8.31. The molecule has 1 fully saturated rings. The van der Waals surface area contributed by atoms with E-state index in [1.807, 2.05) is 0 Å². The second-order valence-corrected chi connectivity index (χ2v) is 6.33. The topological polar surface area (TPSA) is 64.3 Å². The minimum Gasteiger partial charge on any atom is -0.492 e. The lowest BCUT2D eigenvalue weighted by molar-refractivity contribution is -0.137. The predicted octanol–water partition coefficient (Wildman–Crippen LogP) is 4.21. The van der Waals surface area contributed by atoms with Crippen LogP contribution in [-0.2, 0) is 12.7 Å². The molecule has 0 saturated heterocycles. The van der Waals surface area contributed by atoms with Gasteiger partial charge in [-0.15, -0.1) is 0 Å². The number of carbonyl (C=O) groups excluding carboxylic acids is 1. The van der Waals surface area contributed by atoms with E-state index in [1.54, 1.807) is 24.3 Å². The van der Waals surface area contributed by atoms with E-state index in [1.165, 1.54) is 6.07 Å². The summed E-state index contributed by atoms with van der Waals surface area (Å²) in [6.07, 6.45) is -2.29. The first-order valence-corrected chi connectivity index (χ1v) is 8.31. The Hall–Kier alpha value is -2.54. The summed E-state index contributed by atoms with van der Waals surface area (Å²) in [6.45, 7) is 0.471. The van der Waals surface area contributed by atoms with Gasteiger partial charge in [0, 0.05) is 12.2 Å². The van der Waals surface area contributed by atoms with Gasteiger partial charge in [0.05, 0.1) is 17.7 Å². The van der Waals surface area contributed by atoms with E-state index < -0.39 is 17.6 Å². The molecule has 1 saturated carbocycles. The Bertz CT molecular complexity index is 802. The molecule has 0 aromatic heterocycles. The fraction of sp³-hybridized carbons (Fsp3) is 0.316. The van der Waals surface area contributed by atoms with Crippen LogP contribution in [0.2, 0.25) is 0 Å². The molecule has 1 aliphatic carbocycles. The van der Waals surface area contributed by atoms with Crippen molar-refractivity contribution in [3.63, 3.8) is 0 Å². The highest BCUT2D eigenvalue weighted by Gasteiger charge is 2.31. The molecule has 138 valence electrons. The summed E-state index contributed by atoms with van der Waals surface area (Å²) in [5.74, 6) is 0.406. The zero-order valence-corrected chi connectivity index (χ0v) is 14.0. The number of nitrogens with one attached hydrogen (secondary N) is 1. The zero-order chi connectivity index (χ0) is 18.7. The number of halogens is 3. The van der Waals surface area contributed by atoms with Crippen molar-refractivity contribution in [2.24, 2.45) is 11.7 Å². The van der Waals surface area contributed by atoms with Gasteiger partial charge in [0.25, 0.3) is 5.91 Å². The van der Waals surface area contributed by atoms with Gasteiger partial charge in [-0.2, -0.15) is 13.2 Å². The molecule has 0 atom stereocenters. The van der Waals surface area contributed by atoms with Crippen molar-refractivity contribution in [3.8, 4) is 5.75 Å². The average Bonchev–Trinajstić information content (AvgIpc) is 3.43. The van der Waals surface area contributed by atoms with Crippen LogP contribution in [0.4, 0.5) is 18.9 Å². The quantitative estimate of drug-likeness (QED) is 0.807. The third-order valence-electron chi connectivity index (χ3n) is 4.12. The standard InChI is InChI=1S/C19H19F3N2O2/c20-19(21,22)14-7-13(10-23)8-15(9-14)24-18(25)16-3-1-2-4-17(16)26-11-12-5-6-12/h1-4,7-9,12H,5-6,10-11,23H2,(H,24,25). The highest BCUT2D eigenvalue weighted by Crippen LogP contribution is 2.33. The molecule has 3 N–H and O–H groups in total. The van der Waals surface area contributed by atoms with Crippen LogP contribution in [0.15, 0.2) is 42.5 Å². The number of carbonyl (C=O) groups is 1. The summed E-state index contributed by atoms with van der Waals surface area (Å²) >= 11 is 0. The molecule has 7 heteroatoms. The molecule has 0 bridgehead atoms. The smallest absolute Gasteiger partial charge is 0.416 e. The van der Waals surface area contributed by atoms with Gasteiger partial charge >= 0.3 is 6.18 Å². The number of hydrogen-bond donors (Lipinski definition) is 2. The third-order valence-corrected chi connectivity index (χ3v) is 4.12. The van der Waals surface area contributed by atoms with E-state index in [0.717, 1.165) is 25.0 Å². The van der Waals surface area contributed by atoms with E-state index >= 15 is 0 Å². The van der Waals surface area contributed by atoms with Gasteiger partial charge in [-0.25, -0.2) is 0 Å². The van der Waals surface area contributed by atoms with E-state index in [0.29, 0.717) is 18.3 Å². The average molecular weight is 364 g/mol. The number of hydrogen-bond acceptors (Lipinski definition) is 3. The maximum Gasteiger partial charge on any atom is 0.416 e. The Labute approximate surface area is 149 Å². The third kappa shape index (κ3) is 4.54. The summed E-state index contributed by atoms with van der Waals surface area (Å²) in [4.78, 5) is 12.6. The fourth-order valence-electron chi connectivity index (χ4n) is 2.52. The Morgan fingerprint density at radius 1 is 1.19 bits per heavy atom. The second kappa shape index (κ2) is 7.37. The number of para-hydroxylation sites is 1. The molecule has 0 aliphatic heterocycles. The minimum atomic E-state index is -4.52. The first-order chi connectivity index (χ1) is 12.4. The van der Waals surface area contributed by atoms with Crippen LogP contribution in [-0.4, -0.2) is 12.5 Å². The van der Waals surface area contributed by atoms with E-state index in [-0.39, 0.29) is 23.4 Å². The van der Waals surface area contributed by atoms with Crippen molar-refractivity contribution >= 4 is 11.6 Å². The molecule has 0 spiro atoms. The van der Waals surface area contributed by atoms with Gasteiger partial charge in [-0.1, -0.05) is 12.1 Å².